The van der Waals surface area contributed by atoms with E-state index >= 15 is 0 Å². The van der Waals surface area contributed by atoms with E-state index in [1.165, 1.54) is 13.2 Å². The zero-order chi connectivity index (χ0) is 18.5. The van der Waals surface area contributed by atoms with Crippen molar-refractivity contribution in [2.75, 3.05) is 13.9 Å². The van der Waals surface area contributed by atoms with Crippen LogP contribution < -0.4 is 25.1 Å². The molecule has 2 N–H and O–H groups in total. The fourth-order valence-corrected chi connectivity index (χ4v) is 2.64. The second kappa shape index (κ2) is 7.97. The third-order valence-electron chi connectivity index (χ3n) is 3.80. The van der Waals surface area contributed by atoms with E-state index in [-0.39, 0.29) is 24.7 Å². The van der Waals surface area contributed by atoms with Crippen LogP contribution in [0, 0.1) is 0 Å². The van der Waals surface area contributed by atoms with E-state index in [1.807, 2.05) is 18.2 Å². The lowest BCUT2D eigenvalue weighted by atomic mass is 10.1. The van der Waals surface area contributed by atoms with E-state index < -0.39 is 5.91 Å². The van der Waals surface area contributed by atoms with Crippen molar-refractivity contribution in [2.45, 2.75) is 12.8 Å². The summed E-state index contributed by atoms with van der Waals surface area (Å²) in [5.41, 5.74) is 5.91. The molecule has 3 rings (SSSR count). The number of carbonyl (C=O) groups excluding carboxylic acids is 2. The van der Waals surface area contributed by atoms with Crippen LogP contribution in [0.5, 0.6) is 17.2 Å². The third kappa shape index (κ3) is 4.18. The normalized spacial score (nSPS) is 11.8. The van der Waals surface area contributed by atoms with Crippen molar-refractivity contribution in [1.29, 1.82) is 0 Å². The number of rotatable bonds is 5. The molecule has 2 aromatic rings. The van der Waals surface area contributed by atoms with Gasteiger partial charge in [0.05, 0.1) is 12.7 Å². The van der Waals surface area contributed by atoms with Crippen molar-refractivity contribution in [1.82, 2.24) is 10.9 Å². The Morgan fingerprint density at radius 2 is 1.92 bits per heavy atom. The fourth-order valence-electron chi connectivity index (χ4n) is 2.47. The Labute approximate surface area is 155 Å². The lowest BCUT2D eigenvalue weighted by Crippen LogP contribution is -2.41. The Morgan fingerprint density at radius 1 is 1.12 bits per heavy atom. The van der Waals surface area contributed by atoms with Crippen LogP contribution >= 0.6 is 11.6 Å². The maximum absolute atomic E-state index is 12.2. The first-order valence-corrected chi connectivity index (χ1v) is 8.26. The Hall–Kier alpha value is -2.93. The van der Waals surface area contributed by atoms with E-state index in [1.54, 1.807) is 12.1 Å². The number of carbonyl (C=O) groups is 2. The first-order valence-electron chi connectivity index (χ1n) is 7.88. The van der Waals surface area contributed by atoms with Gasteiger partial charge in [-0.3, -0.25) is 20.4 Å². The van der Waals surface area contributed by atoms with Crippen LogP contribution in [0.3, 0.4) is 0 Å². The van der Waals surface area contributed by atoms with Gasteiger partial charge in [0.25, 0.3) is 5.91 Å². The zero-order valence-corrected chi connectivity index (χ0v) is 14.8. The summed E-state index contributed by atoms with van der Waals surface area (Å²) in [5.74, 6) is 0.893. The van der Waals surface area contributed by atoms with Gasteiger partial charge in [-0.2, -0.15) is 0 Å². The molecule has 0 saturated heterocycles. The number of nitrogens with one attached hydrogen (secondary N) is 2. The molecule has 0 unspecified atom stereocenters. The Bertz CT molecular complexity index is 840. The highest BCUT2D eigenvalue weighted by molar-refractivity contribution is 6.31. The van der Waals surface area contributed by atoms with Crippen LogP contribution in [-0.4, -0.2) is 25.7 Å². The molecule has 26 heavy (non-hydrogen) atoms. The van der Waals surface area contributed by atoms with Crippen LogP contribution in [0.1, 0.15) is 22.3 Å². The minimum Gasteiger partial charge on any atom is -0.496 e. The molecule has 2 amide bonds. The van der Waals surface area contributed by atoms with Gasteiger partial charge in [-0.25, -0.2) is 0 Å². The molecule has 0 aliphatic carbocycles. The zero-order valence-electron chi connectivity index (χ0n) is 14.0. The van der Waals surface area contributed by atoms with Gasteiger partial charge >= 0.3 is 0 Å². The molecule has 136 valence electrons. The second-order valence-electron chi connectivity index (χ2n) is 5.53. The van der Waals surface area contributed by atoms with Crippen LogP contribution in [0.15, 0.2) is 36.4 Å². The van der Waals surface area contributed by atoms with Gasteiger partial charge in [0.1, 0.15) is 5.75 Å². The highest BCUT2D eigenvalue weighted by Gasteiger charge is 2.15. The molecule has 2 aromatic carbocycles. The van der Waals surface area contributed by atoms with Crippen molar-refractivity contribution in [3.05, 3.63) is 52.5 Å². The van der Waals surface area contributed by atoms with Gasteiger partial charge in [0.2, 0.25) is 12.7 Å². The fraction of sp³-hybridized carbons (Fsp3) is 0.222. The number of fused-ring (bicyclic) bond motifs is 1. The van der Waals surface area contributed by atoms with Crippen molar-refractivity contribution in [3.8, 4) is 17.2 Å². The number of hydrazine groups is 1. The molecule has 0 spiro atoms. The summed E-state index contributed by atoms with van der Waals surface area (Å²) in [4.78, 5) is 24.2. The minimum absolute atomic E-state index is 0.201. The molecule has 1 aliphatic heterocycles. The van der Waals surface area contributed by atoms with E-state index in [2.05, 4.69) is 10.9 Å². The number of hydrogen-bond acceptors (Lipinski definition) is 5. The predicted molar refractivity (Wildman–Crippen MR) is 94.5 cm³/mol. The molecule has 1 heterocycles. The predicted octanol–water partition coefficient (Wildman–Crippen LogP) is 2.47. The van der Waals surface area contributed by atoms with Crippen LogP contribution in [0.4, 0.5) is 0 Å². The second-order valence-corrected chi connectivity index (χ2v) is 5.97. The summed E-state index contributed by atoms with van der Waals surface area (Å²) in [5, 5.41) is 0.394. The Morgan fingerprint density at radius 3 is 2.73 bits per heavy atom. The highest BCUT2D eigenvalue weighted by Crippen LogP contribution is 2.32. The lowest BCUT2D eigenvalue weighted by molar-refractivity contribution is -0.121. The summed E-state index contributed by atoms with van der Waals surface area (Å²) in [7, 11) is 1.45. The summed E-state index contributed by atoms with van der Waals surface area (Å²) in [6, 6.07) is 10.2. The van der Waals surface area contributed by atoms with Gasteiger partial charge in [-0.15, -0.1) is 0 Å². The summed E-state index contributed by atoms with van der Waals surface area (Å²) in [6.45, 7) is 0.207. The van der Waals surface area contributed by atoms with Gasteiger partial charge in [-0.1, -0.05) is 17.7 Å². The smallest absolute Gasteiger partial charge is 0.273 e. The van der Waals surface area contributed by atoms with Crippen LogP contribution in [-0.2, 0) is 11.2 Å². The first-order chi connectivity index (χ1) is 12.6. The third-order valence-corrected chi connectivity index (χ3v) is 4.03. The van der Waals surface area contributed by atoms with E-state index in [9.17, 15) is 9.59 Å². The minimum atomic E-state index is -0.513. The maximum Gasteiger partial charge on any atom is 0.273 e. The molecular weight excluding hydrogens is 360 g/mol. The number of halogens is 1. The van der Waals surface area contributed by atoms with Crippen molar-refractivity contribution in [2.24, 2.45) is 0 Å². The number of amides is 2. The lowest BCUT2D eigenvalue weighted by Gasteiger charge is -2.11. The molecular formula is C18H17ClN2O5. The van der Waals surface area contributed by atoms with Gasteiger partial charge < -0.3 is 14.2 Å². The molecule has 7 nitrogen and oxygen atoms in total. The van der Waals surface area contributed by atoms with Crippen molar-refractivity contribution in [3.63, 3.8) is 0 Å². The standard InChI is InChI=1S/C18H17ClN2O5/c1-24-14-6-4-12(19)9-13(14)18(23)21-20-17(22)7-3-11-2-5-15-16(8-11)26-10-25-15/h2,4-6,8-9H,3,7,10H2,1H3,(H,20,22)(H,21,23). The highest BCUT2D eigenvalue weighted by atomic mass is 35.5. The molecule has 0 aromatic heterocycles. The van der Waals surface area contributed by atoms with Crippen LogP contribution in [0.25, 0.3) is 0 Å². The van der Waals surface area contributed by atoms with Gasteiger partial charge in [-0.05, 0) is 42.3 Å². The topological polar surface area (TPSA) is 85.9 Å². The molecule has 1 aliphatic rings. The van der Waals surface area contributed by atoms with E-state index in [0.29, 0.717) is 28.7 Å². The summed E-state index contributed by atoms with van der Waals surface area (Å²) >= 11 is 5.90. The summed E-state index contributed by atoms with van der Waals surface area (Å²) < 4.78 is 15.7. The van der Waals surface area contributed by atoms with Crippen molar-refractivity contribution >= 4 is 23.4 Å². The van der Waals surface area contributed by atoms with Crippen LogP contribution in [0.2, 0.25) is 5.02 Å². The average Bonchev–Trinajstić information content (AvgIpc) is 3.12. The van der Waals surface area contributed by atoms with E-state index in [0.717, 1.165) is 5.56 Å². The molecule has 0 saturated carbocycles. The maximum atomic E-state index is 12.2. The molecule has 0 atom stereocenters. The quantitative estimate of drug-likeness (QED) is 0.783. The van der Waals surface area contributed by atoms with Crippen molar-refractivity contribution < 1.29 is 23.8 Å². The number of aryl methyl sites for hydroxylation is 1. The molecule has 0 bridgehead atoms. The van der Waals surface area contributed by atoms with Gasteiger partial charge in [0, 0.05) is 11.4 Å². The van der Waals surface area contributed by atoms with E-state index in [4.69, 9.17) is 25.8 Å². The number of ether oxygens (including phenoxy) is 3. The molecule has 0 fully saturated rings. The Kier molecular flexibility index (Phi) is 5.48. The van der Waals surface area contributed by atoms with Gasteiger partial charge in [0.15, 0.2) is 11.5 Å². The number of benzene rings is 2. The molecule has 0 radical (unpaired) electrons. The Balaban J connectivity index is 1.51. The number of hydrogen-bond donors (Lipinski definition) is 2. The SMILES string of the molecule is COc1ccc(Cl)cc1C(=O)NNC(=O)CCc1ccc2c(c1)OCO2. The average molecular weight is 377 g/mol. The first kappa shape index (κ1) is 17.9. The summed E-state index contributed by atoms with van der Waals surface area (Å²) in [6.07, 6.45) is 0.700. The monoisotopic (exact) mass is 376 g/mol. The largest absolute Gasteiger partial charge is 0.496 e. The number of methoxy groups -OCH3 is 1. The molecule has 8 heteroatoms.